The first-order valence-corrected chi connectivity index (χ1v) is 9.65. The van der Waals surface area contributed by atoms with Gasteiger partial charge < -0.3 is 9.80 Å². The van der Waals surface area contributed by atoms with Gasteiger partial charge in [0.15, 0.2) is 0 Å². The maximum Gasteiger partial charge on any atom is 0.223 e. The minimum atomic E-state index is 0.179. The van der Waals surface area contributed by atoms with E-state index in [1.54, 1.807) is 0 Å². The van der Waals surface area contributed by atoms with Crippen molar-refractivity contribution in [3.05, 3.63) is 35.9 Å². The van der Waals surface area contributed by atoms with Gasteiger partial charge in [0.25, 0.3) is 0 Å². The van der Waals surface area contributed by atoms with E-state index >= 15 is 0 Å². The van der Waals surface area contributed by atoms with Gasteiger partial charge in [0, 0.05) is 32.5 Å². The number of carbonyl (C=O) groups excluding carboxylic acids is 2. The number of fused-ring (bicyclic) bond motifs is 1. The average Bonchev–Trinajstić information content (AvgIpc) is 2.96. The zero-order valence-corrected chi connectivity index (χ0v) is 15.5. The monoisotopic (exact) mass is 342 g/mol. The standard InChI is InChI=1S/C21H30N2O2/c1-16(2)11-12-20(24)22-14-18-9-6-10-21(25)23(19(18)15-22)13-17-7-4-3-5-8-17/h3-5,7-8,16,18-19H,6,9-15H2,1-2H3/t18-,19+/m1/s1. The Labute approximate surface area is 151 Å². The van der Waals surface area contributed by atoms with Gasteiger partial charge in [-0.2, -0.15) is 0 Å². The van der Waals surface area contributed by atoms with E-state index in [1.807, 2.05) is 28.0 Å². The second kappa shape index (κ2) is 8.03. The Balaban J connectivity index is 1.70. The highest BCUT2D eigenvalue weighted by atomic mass is 16.2. The summed E-state index contributed by atoms with van der Waals surface area (Å²) >= 11 is 0. The van der Waals surface area contributed by atoms with Gasteiger partial charge in [-0.25, -0.2) is 0 Å². The molecule has 0 unspecified atom stereocenters. The van der Waals surface area contributed by atoms with E-state index in [9.17, 15) is 9.59 Å². The van der Waals surface area contributed by atoms with E-state index in [0.717, 1.165) is 25.8 Å². The van der Waals surface area contributed by atoms with Crippen molar-refractivity contribution in [1.29, 1.82) is 0 Å². The zero-order chi connectivity index (χ0) is 17.8. The first-order valence-electron chi connectivity index (χ1n) is 9.65. The molecule has 2 heterocycles. The maximum absolute atomic E-state index is 12.7. The summed E-state index contributed by atoms with van der Waals surface area (Å²) in [7, 11) is 0. The molecule has 0 radical (unpaired) electrons. The van der Waals surface area contributed by atoms with Crippen molar-refractivity contribution in [2.24, 2.45) is 11.8 Å². The van der Waals surface area contributed by atoms with Gasteiger partial charge in [0.2, 0.25) is 11.8 Å². The van der Waals surface area contributed by atoms with Crippen LogP contribution in [0, 0.1) is 11.8 Å². The third-order valence-corrected chi connectivity index (χ3v) is 5.58. The molecule has 0 bridgehead atoms. The predicted octanol–water partition coefficient (Wildman–Crippen LogP) is 3.46. The molecule has 2 saturated heterocycles. The molecule has 1 aromatic carbocycles. The van der Waals surface area contributed by atoms with E-state index in [2.05, 4.69) is 26.0 Å². The van der Waals surface area contributed by atoms with Crippen LogP contribution in [0.2, 0.25) is 0 Å². The lowest BCUT2D eigenvalue weighted by atomic mass is 9.98. The Bertz CT molecular complexity index is 599. The number of likely N-dealkylation sites (tertiary alicyclic amines) is 2. The molecule has 0 aliphatic carbocycles. The molecule has 0 aromatic heterocycles. The fourth-order valence-corrected chi connectivity index (χ4v) is 4.09. The number of hydrogen-bond acceptors (Lipinski definition) is 2. The molecule has 1 aromatic rings. The van der Waals surface area contributed by atoms with Crippen molar-refractivity contribution in [1.82, 2.24) is 9.80 Å². The molecule has 2 amide bonds. The molecule has 25 heavy (non-hydrogen) atoms. The minimum absolute atomic E-state index is 0.179. The van der Waals surface area contributed by atoms with Gasteiger partial charge in [0.05, 0.1) is 6.04 Å². The van der Waals surface area contributed by atoms with Crippen LogP contribution in [0.4, 0.5) is 0 Å². The van der Waals surface area contributed by atoms with Gasteiger partial charge in [0.1, 0.15) is 0 Å². The third kappa shape index (κ3) is 4.42. The normalized spacial score (nSPS) is 23.7. The van der Waals surface area contributed by atoms with Crippen LogP contribution in [-0.4, -0.2) is 40.7 Å². The van der Waals surface area contributed by atoms with Crippen molar-refractivity contribution in [3.63, 3.8) is 0 Å². The summed E-state index contributed by atoms with van der Waals surface area (Å²) in [5.74, 6) is 1.48. The summed E-state index contributed by atoms with van der Waals surface area (Å²) in [5, 5.41) is 0. The molecule has 136 valence electrons. The van der Waals surface area contributed by atoms with E-state index in [-0.39, 0.29) is 17.9 Å². The van der Waals surface area contributed by atoms with E-state index in [0.29, 0.717) is 37.8 Å². The molecule has 0 N–H and O–H groups in total. The second-order valence-electron chi connectivity index (χ2n) is 7.96. The van der Waals surface area contributed by atoms with Gasteiger partial charge >= 0.3 is 0 Å². The van der Waals surface area contributed by atoms with Crippen LogP contribution in [0.15, 0.2) is 30.3 Å². The molecule has 0 saturated carbocycles. The highest BCUT2D eigenvalue weighted by Gasteiger charge is 2.41. The first-order chi connectivity index (χ1) is 12.0. The summed E-state index contributed by atoms with van der Waals surface area (Å²) in [4.78, 5) is 29.3. The first kappa shape index (κ1) is 18.0. The van der Waals surface area contributed by atoms with Gasteiger partial charge in [-0.05, 0) is 36.7 Å². The number of rotatable bonds is 5. The molecule has 2 fully saturated rings. The summed E-state index contributed by atoms with van der Waals surface area (Å²) < 4.78 is 0. The Morgan fingerprint density at radius 1 is 1.20 bits per heavy atom. The van der Waals surface area contributed by atoms with Crippen molar-refractivity contribution < 1.29 is 9.59 Å². The van der Waals surface area contributed by atoms with Crippen molar-refractivity contribution in [3.8, 4) is 0 Å². The van der Waals surface area contributed by atoms with Crippen LogP contribution in [-0.2, 0) is 16.1 Å². The fourth-order valence-electron chi connectivity index (χ4n) is 4.09. The summed E-state index contributed by atoms with van der Waals surface area (Å²) in [6.07, 6.45) is 4.21. The Morgan fingerprint density at radius 3 is 2.68 bits per heavy atom. The molecule has 2 aliphatic heterocycles. The van der Waals surface area contributed by atoms with Crippen molar-refractivity contribution >= 4 is 11.8 Å². The largest absolute Gasteiger partial charge is 0.340 e. The number of benzene rings is 1. The highest BCUT2D eigenvalue weighted by molar-refractivity contribution is 5.78. The molecule has 4 nitrogen and oxygen atoms in total. The number of amides is 2. The zero-order valence-electron chi connectivity index (χ0n) is 15.5. The molecule has 3 rings (SSSR count). The quantitative estimate of drug-likeness (QED) is 0.822. The van der Waals surface area contributed by atoms with E-state index in [4.69, 9.17) is 0 Å². The minimum Gasteiger partial charge on any atom is -0.340 e. The van der Waals surface area contributed by atoms with Crippen LogP contribution in [0.5, 0.6) is 0 Å². The molecule has 0 spiro atoms. The molecular weight excluding hydrogens is 312 g/mol. The van der Waals surface area contributed by atoms with Crippen LogP contribution < -0.4 is 0 Å². The molecule has 4 heteroatoms. The summed E-state index contributed by atoms with van der Waals surface area (Å²) in [6, 6.07) is 10.4. The topological polar surface area (TPSA) is 40.6 Å². The number of hydrogen-bond donors (Lipinski definition) is 0. The Hall–Kier alpha value is -1.84. The third-order valence-electron chi connectivity index (χ3n) is 5.58. The predicted molar refractivity (Wildman–Crippen MR) is 98.8 cm³/mol. The highest BCUT2D eigenvalue weighted by Crippen LogP contribution is 2.32. The number of carbonyl (C=O) groups is 2. The van der Waals surface area contributed by atoms with Gasteiger partial charge in [-0.3, -0.25) is 9.59 Å². The van der Waals surface area contributed by atoms with Gasteiger partial charge in [-0.15, -0.1) is 0 Å². The SMILES string of the molecule is CC(C)CCC(=O)N1C[C@H]2CCCC(=O)N(Cc3ccccc3)[C@H]2C1. The summed E-state index contributed by atoms with van der Waals surface area (Å²) in [5.41, 5.74) is 1.17. The lowest BCUT2D eigenvalue weighted by molar-refractivity contribution is -0.135. The van der Waals surface area contributed by atoms with Crippen LogP contribution in [0.25, 0.3) is 0 Å². The van der Waals surface area contributed by atoms with E-state index in [1.165, 1.54) is 5.56 Å². The average molecular weight is 342 g/mol. The van der Waals surface area contributed by atoms with E-state index < -0.39 is 0 Å². The van der Waals surface area contributed by atoms with Crippen molar-refractivity contribution in [2.75, 3.05) is 13.1 Å². The van der Waals surface area contributed by atoms with Gasteiger partial charge in [-0.1, -0.05) is 44.2 Å². The number of nitrogens with zero attached hydrogens (tertiary/aromatic N) is 2. The summed E-state index contributed by atoms with van der Waals surface area (Å²) in [6.45, 7) is 6.50. The maximum atomic E-state index is 12.7. The van der Waals surface area contributed by atoms with Crippen LogP contribution in [0.1, 0.15) is 51.5 Å². The molecule has 2 aliphatic rings. The Morgan fingerprint density at radius 2 is 1.96 bits per heavy atom. The fraction of sp³-hybridized carbons (Fsp3) is 0.619. The lowest BCUT2D eigenvalue weighted by Crippen LogP contribution is -2.43. The molecular formula is C21H30N2O2. The smallest absolute Gasteiger partial charge is 0.223 e. The lowest BCUT2D eigenvalue weighted by Gasteiger charge is -2.30. The van der Waals surface area contributed by atoms with Crippen LogP contribution in [0.3, 0.4) is 0 Å². The van der Waals surface area contributed by atoms with Crippen LogP contribution >= 0.6 is 0 Å². The van der Waals surface area contributed by atoms with Crippen molar-refractivity contribution in [2.45, 2.75) is 58.5 Å². The molecule has 2 atom stereocenters. The Kier molecular flexibility index (Phi) is 5.77. The second-order valence-corrected chi connectivity index (χ2v) is 7.96.